The number of aryl methyl sites for hydroxylation is 1. The van der Waals surface area contributed by atoms with Gasteiger partial charge in [-0.25, -0.2) is 9.97 Å². The summed E-state index contributed by atoms with van der Waals surface area (Å²) < 4.78 is 25.8. The van der Waals surface area contributed by atoms with Gasteiger partial charge in [0.1, 0.15) is 49.0 Å². The fraction of sp³-hybridized carbons (Fsp3) is 0.267. The highest BCUT2D eigenvalue weighted by molar-refractivity contribution is 6.08. The molecule has 1 saturated heterocycles. The molecular formula is C45H37N7O7. The smallest absolute Gasteiger partial charge is 0.255 e. The number of imide groups is 1. The fourth-order valence-corrected chi connectivity index (χ4v) is 7.71. The molecule has 1 atom stereocenters. The third kappa shape index (κ3) is 7.61. The van der Waals surface area contributed by atoms with Crippen LogP contribution in [0.25, 0.3) is 32.9 Å². The lowest BCUT2D eigenvalue weighted by Gasteiger charge is -2.35. The van der Waals surface area contributed by atoms with Gasteiger partial charge in [-0.1, -0.05) is 18.1 Å². The highest BCUT2D eigenvalue weighted by atomic mass is 16.5. The number of piperidine rings is 1. The lowest BCUT2D eigenvalue weighted by atomic mass is 9.92. The number of ether oxygens (including phenoxy) is 4. The van der Waals surface area contributed by atoms with Gasteiger partial charge in [0.2, 0.25) is 17.7 Å². The van der Waals surface area contributed by atoms with Gasteiger partial charge in [-0.2, -0.15) is 5.26 Å². The summed E-state index contributed by atoms with van der Waals surface area (Å²) in [5, 5.41) is 14.4. The molecule has 294 valence electrons. The van der Waals surface area contributed by atoms with Crippen LogP contribution < -0.4 is 19.5 Å². The number of aromatic nitrogens is 4. The van der Waals surface area contributed by atoms with Gasteiger partial charge in [-0.15, -0.1) is 0 Å². The molecule has 3 aliphatic rings. The van der Waals surface area contributed by atoms with Gasteiger partial charge in [0, 0.05) is 84.9 Å². The molecule has 1 N–H and O–H groups in total. The number of amides is 3. The number of benzene rings is 2. The molecule has 1 saturated carbocycles. The van der Waals surface area contributed by atoms with E-state index in [1.54, 1.807) is 30.3 Å². The molecule has 2 aromatic carbocycles. The highest BCUT2D eigenvalue weighted by Crippen LogP contribution is 2.34. The normalized spacial score (nSPS) is 18.4. The van der Waals surface area contributed by atoms with E-state index < -0.39 is 11.9 Å². The van der Waals surface area contributed by atoms with Crippen molar-refractivity contribution in [3.8, 4) is 46.4 Å². The van der Waals surface area contributed by atoms with Crippen molar-refractivity contribution in [2.24, 2.45) is 7.05 Å². The van der Waals surface area contributed by atoms with Gasteiger partial charge in [0.25, 0.3) is 5.91 Å². The van der Waals surface area contributed by atoms with E-state index >= 15 is 0 Å². The zero-order valence-corrected chi connectivity index (χ0v) is 32.0. The highest BCUT2D eigenvalue weighted by Gasteiger charge is 2.39. The van der Waals surface area contributed by atoms with E-state index in [4.69, 9.17) is 18.9 Å². The van der Waals surface area contributed by atoms with Crippen molar-refractivity contribution in [3.63, 3.8) is 0 Å². The molecule has 14 heteroatoms. The predicted octanol–water partition coefficient (Wildman–Crippen LogP) is 5.25. The van der Waals surface area contributed by atoms with E-state index in [1.807, 2.05) is 36.8 Å². The molecular weight excluding hydrogens is 751 g/mol. The van der Waals surface area contributed by atoms with Crippen LogP contribution in [0.2, 0.25) is 0 Å². The zero-order valence-electron chi connectivity index (χ0n) is 32.0. The number of nitriles is 1. The second-order valence-electron chi connectivity index (χ2n) is 14.6. The minimum atomic E-state index is -0.667. The van der Waals surface area contributed by atoms with Crippen LogP contribution in [0.4, 0.5) is 0 Å². The van der Waals surface area contributed by atoms with Crippen LogP contribution in [0.1, 0.15) is 53.0 Å². The Balaban J connectivity index is 0.704. The Labute approximate surface area is 338 Å². The molecule has 6 aromatic rings. The van der Waals surface area contributed by atoms with Crippen LogP contribution in [-0.4, -0.2) is 80.2 Å². The minimum Gasteiger partial charge on any atom is -0.491 e. The summed E-state index contributed by atoms with van der Waals surface area (Å²) in [4.78, 5) is 51.4. The molecule has 1 aliphatic carbocycles. The first-order valence-corrected chi connectivity index (χ1v) is 19.3. The Morgan fingerprint density at radius 1 is 0.898 bits per heavy atom. The first-order valence-electron chi connectivity index (χ1n) is 19.3. The van der Waals surface area contributed by atoms with E-state index in [-0.39, 0.29) is 62.5 Å². The Hall–Kier alpha value is -7.29. The van der Waals surface area contributed by atoms with Crippen molar-refractivity contribution < 1.29 is 33.3 Å². The van der Waals surface area contributed by atoms with Gasteiger partial charge >= 0.3 is 0 Å². The number of pyridine rings is 3. The molecule has 1 unspecified atom stereocenters. The van der Waals surface area contributed by atoms with Crippen molar-refractivity contribution >= 4 is 39.5 Å². The van der Waals surface area contributed by atoms with Gasteiger partial charge < -0.3 is 28.4 Å². The van der Waals surface area contributed by atoms with E-state index in [0.29, 0.717) is 47.9 Å². The number of fused-ring (bicyclic) bond motifs is 4. The Morgan fingerprint density at radius 2 is 1.76 bits per heavy atom. The topological polar surface area (TPSA) is 171 Å². The molecule has 59 heavy (non-hydrogen) atoms. The average Bonchev–Trinajstić information content (AvgIpc) is 3.72. The summed E-state index contributed by atoms with van der Waals surface area (Å²) in [6, 6.07) is 22.4. The number of carbonyl (C=O) groups excluding carboxylic acids is 3. The standard InChI is InChI=1S/C45H37N7O7/c1-51-38-14-15-47-25-36(38)35-8-4-27(20-40(35)51)28-5-13-43(48-24-28)59-33-21-32(22-33)58-41-11-6-30(49-37(41)23-46)3-2-16-56-17-18-57-31-7-9-34-29(19-31)26-52(45(34)55)39-10-12-42(53)50-44(39)54/h4-9,11,13-15,19-20,24-25,32-33,39H,10,12,16-18,21-22,26H2,1H3,(H,50,53,54). The largest absolute Gasteiger partial charge is 0.491 e. The number of nitrogens with one attached hydrogen (secondary N) is 1. The summed E-state index contributed by atoms with van der Waals surface area (Å²) >= 11 is 0. The first kappa shape index (κ1) is 37.3. The maximum Gasteiger partial charge on any atom is 0.255 e. The van der Waals surface area contributed by atoms with E-state index in [9.17, 15) is 19.6 Å². The number of carbonyl (C=O) groups is 3. The number of rotatable bonds is 11. The number of hydrogen-bond donors (Lipinski definition) is 1. The molecule has 9 rings (SSSR count). The SMILES string of the molecule is Cn1c2ccncc2c2ccc(-c3ccc(OC4CC(Oc5ccc(C#CCOCCOc6ccc7c(c6)CN(C6CCC(=O)NC6=O)C7=O)nc5C#N)C4)nc3)cc21. The second kappa shape index (κ2) is 15.9. The molecule has 2 aliphatic heterocycles. The van der Waals surface area contributed by atoms with E-state index in [0.717, 1.165) is 38.5 Å². The van der Waals surface area contributed by atoms with Gasteiger partial charge in [-0.05, 0) is 72.0 Å². The summed E-state index contributed by atoms with van der Waals surface area (Å²) in [6.07, 6.45) is 7.19. The summed E-state index contributed by atoms with van der Waals surface area (Å²) in [5.41, 5.74) is 6.19. The molecule has 2 fully saturated rings. The number of nitrogens with zero attached hydrogens (tertiary/aromatic N) is 6. The first-order chi connectivity index (χ1) is 28.8. The molecule has 0 radical (unpaired) electrons. The lowest BCUT2D eigenvalue weighted by Crippen LogP contribution is -2.52. The van der Waals surface area contributed by atoms with E-state index in [1.165, 1.54) is 4.90 Å². The molecule has 0 spiro atoms. The summed E-state index contributed by atoms with van der Waals surface area (Å²) in [6.45, 7) is 0.928. The quantitative estimate of drug-likeness (QED) is 0.103. The molecule has 0 bridgehead atoms. The van der Waals surface area contributed by atoms with Crippen LogP contribution in [0.5, 0.6) is 17.4 Å². The van der Waals surface area contributed by atoms with Crippen molar-refractivity contribution in [1.82, 2.24) is 29.7 Å². The summed E-state index contributed by atoms with van der Waals surface area (Å²) in [5.74, 6) is 6.35. The molecule has 14 nitrogen and oxygen atoms in total. The van der Waals surface area contributed by atoms with Gasteiger partial charge in [0.15, 0.2) is 11.4 Å². The van der Waals surface area contributed by atoms with Crippen LogP contribution in [0.15, 0.2) is 85.3 Å². The van der Waals surface area contributed by atoms with Crippen molar-refractivity contribution in [3.05, 3.63) is 108 Å². The van der Waals surface area contributed by atoms with Crippen LogP contribution >= 0.6 is 0 Å². The molecule has 4 aromatic heterocycles. The lowest BCUT2D eigenvalue weighted by molar-refractivity contribution is -0.136. The predicted molar refractivity (Wildman–Crippen MR) is 214 cm³/mol. The summed E-state index contributed by atoms with van der Waals surface area (Å²) in [7, 11) is 2.06. The zero-order chi connectivity index (χ0) is 40.5. The monoisotopic (exact) mass is 787 g/mol. The van der Waals surface area contributed by atoms with Crippen molar-refractivity contribution in [2.75, 3.05) is 19.8 Å². The van der Waals surface area contributed by atoms with Gasteiger partial charge in [0.05, 0.1) is 12.1 Å². The molecule has 6 heterocycles. The second-order valence-corrected chi connectivity index (χ2v) is 14.6. The van der Waals surface area contributed by atoms with Gasteiger partial charge in [-0.3, -0.25) is 24.7 Å². The minimum absolute atomic E-state index is 0.0509. The average molecular weight is 788 g/mol. The number of hydrogen-bond acceptors (Lipinski definition) is 11. The Bertz CT molecular complexity index is 2740. The Kier molecular flexibility index (Phi) is 10.1. The Morgan fingerprint density at radius 3 is 2.59 bits per heavy atom. The maximum absolute atomic E-state index is 12.9. The van der Waals surface area contributed by atoms with Crippen LogP contribution in [-0.2, 0) is 27.9 Å². The fourth-order valence-electron chi connectivity index (χ4n) is 7.71. The third-order valence-corrected chi connectivity index (χ3v) is 10.9. The van der Waals surface area contributed by atoms with Crippen molar-refractivity contribution in [2.45, 2.75) is 50.5 Å². The van der Waals surface area contributed by atoms with Crippen LogP contribution in [0, 0.1) is 23.2 Å². The third-order valence-electron chi connectivity index (χ3n) is 10.9. The molecule has 3 amide bonds. The van der Waals surface area contributed by atoms with E-state index in [2.05, 4.69) is 68.0 Å². The van der Waals surface area contributed by atoms with Crippen molar-refractivity contribution in [1.29, 1.82) is 5.26 Å². The maximum atomic E-state index is 12.9. The van der Waals surface area contributed by atoms with Crippen LogP contribution in [0.3, 0.4) is 0 Å².